The van der Waals surface area contributed by atoms with Crippen LogP contribution in [-0.2, 0) is 16.3 Å². The van der Waals surface area contributed by atoms with E-state index in [1.54, 1.807) is 12.1 Å². The molecule has 2 bridgehead atoms. The molecule has 0 amide bonds. The minimum atomic E-state index is -3.07. The summed E-state index contributed by atoms with van der Waals surface area (Å²) in [5, 5.41) is 9.92. The van der Waals surface area contributed by atoms with Crippen molar-refractivity contribution in [2.75, 3.05) is 0 Å². The normalized spacial score (nSPS) is 35.7. The van der Waals surface area contributed by atoms with Gasteiger partial charge in [-0.15, -0.1) is 0 Å². The van der Waals surface area contributed by atoms with Crippen LogP contribution in [0.3, 0.4) is 0 Å². The van der Waals surface area contributed by atoms with Crippen LogP contribution < -0.4 is 0 Å². The minimum Gasteiger partial charge on any atom is -0.389 e. The van der Waals surface area contributed by atoms with Crippen LogP contribution in [0.5, 0.6) is 0 Å². The molecule has 5 heteroatoms. The number of hydrogen-bond acceptors (Lipinski definition) is 3. The smallest absolute Gasteiger partial charge is 0.156 e. The van der Waals surface area contributed by atoms with Gasteiger partial charge in [0, 0.05) is 6.42 Å². The predicted octanol–water partition coefficient (Wildman–Crippen LogP) is 2.23. The van der Waals surface area contributed by atoms with Gasteiger partial charge in [-0.05, 0) is 43.4 Å². The summed E-state index contributed by atoms with van der Waals surface area (Å²) in [6.07, 6.45) is 3.09. The summed E-state index contributed by atoms with van der Waals surface area (Å²) in [6, 6.07) is 6.18. The number of rotatable bonds is 2. The zero-order valence-corrected chi connectivity index (χ0v) is 12.1. The van der Waals surface area contributed by atoms with Crippen LogP contribution in [0.4, 0.5) is 4.39 Å². The molecule has 1 N–H and O–H groups in total. The first-order valence-corrected chi connectivity index (χ1v) is 8.70. The van der Waals surface area contributed by atoms with E-state index in [4.69, 9.17) is 0 Å². The summed E-state index contributed by atoms with van der Waals surface area (Å²) < 4.78 is 37.7. The molecule has 3 nitrogen and oxygen atoms in total. The first-order valence-electron chi connectivity index (χ1n) is 7.09. The number of halogens is 1. The topological polar surface area (TPSA) is 54.4 Å². The third-order valence-corrected chi connectivity index (χ3v) is 7.28. The molecule has 2 saturated heterocycles. The molecule has 0 aliphatic carbocycles. The van der Waals surface area contributed by atoms with Crippen LogP contribution in [0.1, 0.15) is 37.7 Å². The highest BCUT2D eigenvalue weighted by molar-refractivity contribution is 7.92. The van der Waals surface area contributed by atoms with Crippen LogP contribution in [0, 0.1) is 5.82 Å². The van der Waals surface area contributed by atoms with Gasteiger partial charge in [0.25, 0.3) is 0 Å². The van der Waals surface area contributed by atoms with Gasteiger partial charge in [-0.1, -0.05) is 18.6 Å². The number of hydrogen-bond donors (Lipinski definition) is 1. The SMILES string of the molecule is O=S1(=O)C2CCCC1CC(O)(Cc1cccc(F)c1)C2. The van der Waals surface area contributed by atoms with E-state index < -0.39 is 25.9 Å². The minimum absolute atomic E-state index is 0.280. The Labute approximate surface area is 118 Å². The molecule has 0 aromatic heterocycles. The molecule has 1 aromatic carbocycles. The Hall–Kier alpha value is -0.940. The summed E-state index contributed by atoms with van der Waals surface area (Å²) in [5.74, 6) is -0.324. The van der Waals surface area contributed by atoms with Gasteiger partial charge in [-0.2, -0.15) is 0 Å². The molecule has 20 heavy (non-hydrogen) atoms. The van der Waals surface area contributed by atoms with Gasteiger partial charge in [0.05, 0.1) is 16.1 Å². The summed E-state index contributed by atoms with van der Waals surface area (Å²) >= 11 is 0. The second kappa shape index (κ2) is 4.81. The molecule has 0 radical (unpaired) electrons. The van der Waals surface area contributed by atoms with Crippen molar-refractivity contribution in [3.05, 3.63) is 35.6 Å². The van der Waals surface area contributed by atoms with E-state index in [1.807, 2.05) is 0 Å². The third kappa shape index (κ3) is 2.49. The van der Waals surface area contributed by atoms with Crippen molar-refractivity contribution in [1.82, 2.24) is 0 Å². The molecule has 2 fully saturated rings. The molecular weight excluding hydrogens is 279 g/mol. The van der Waals surface area contributed by atoms with Crippen LogP contribution in [0.2, 0.25) is 0 Å². The van der Waals surface area contributed by atoms with Crippen LogP contribution >= 0.6 is 0 Å². The molecule has 2 aliphatic heterocycles. The van der Waals surface area contributed by atoms with E-state index in [0.29, 0.717) is 19.3 Å². The van der Waals surface area contributed by atoms with Crippen molar-refractivity contribution < 1.29 is 17.9 Å². The zero-order chi connectivity index (χ0) is 14.4. The highest BCUT2D eigenvalue weighted by atomic mass is 32.2. The molecule has 2 unspecified atom stereocenters. The first kappa shape index (κ1) is 14.0. The number of benzene rings is 1. The Bertz CT molecular complexity index is 591. The van der Waals surface area contributed by atoms with E-state index in [2.05, 4.69) is 0 Å². The van der Waals surface area contributed by atoms with Gasteiger partial charge in [0.1, 0.15) is 5.82 Å². The molecule has 1 aromatic rings. The average molecular weight is 298 g/mol. The largest absolute Gasteiger partial charge is 0.389 e. The lowest BCUT2D eigenvalue weighted by Gasteiger charge is -2.44. The predicted molar refractivity (Wildman–Crippen MR) is 74.6 cm³/mol. The molecule has 0 spiro atoms. The summed E-state index contributed by atoms with van der Waals surface area (Å²) in [6.45, 7) is 0. The summed E-state index contributed by atoms with van der Waals surface area (Å²) in [7, 11) is -3.07. The van der Waals surface area contributed by atoms with Gasteiger partial charge in [0.15, 0.2) is 9.84 Å². The lowest BCUT2D eigenvalue weighted by molar-refractivity contribution is 0.00985. The van der Waals surface area contributed by atoms with Crippen LogP contribution in [0.25, 0.3) is 0 Å². The zero-order valence-electron chi connectivity index (χ0n) is 11.3. The van der Waals surface area contributed by atoms with E-state index in [1.165, 1.54) is 12.1 Å². The maximum atomic E-state index is 13.2. The molecule has 3 rings (SSSR count). The quantitative estimate of drug-likeness (QED) is 0.911. The molecule has 0 saturated carbocycles. The van der Waals surface area contributed by atoms with Crippen molar-refractivity contribution in [3.8, 4) is 0 Å². The Morgan fingerprint density at radius 1 is 1.25 bits per heavy atom. The van der Waals surface area contributed by atoms with Crippen molar-refractivity contribution in [1.29, 1.82) is 0 Å². The second-order valence-corrected chi connectivity index (χ2v) is 8.71. The molecule has 2 atom stereocenters. The molecule has 2 heterocycles. The summed E-state index contributed by atoms with van der Waals surface area (Å²) in [5.41, 5.74) is -0.292. The highest BCUT2D eigenvalue weighted by Gasteiger charge is 2.50. The van der Waals surface area contributed by atoms with Gasteiger partial charge in [0.2, 0.25) is 0 Å². The lowest BCUT2D eigenvalue weighted by atomic mass is 9.81. The fourth-order valence-electron chi connectivity index (χ4n) is 3.71. The Balaban J connectivity index is 1.84. The number of sulfone groups is 1. The van der Waals surface area contributed by atoms with Gasteiger partial charge >= 0.3 is 0 Å². The van der Waals surface area contributed by atoms with E-state index >= 15 is 0 Å². The van der Waals surface area contributed by atoms with Crippen molar-refractivity contribution in [2.24, 2.45) is 0 Å². The lowest BCUT2D eigenvalue weighted by Crippen LogP contribution is -2.52. The highest BCUT2D eigenvalue weighted by Crippen LogP contribution is 2.42. The standard InChI is InChI=1S/C15H19FO3S/c16-12-4-1-3-11(7-12)8-15(17)9-13-5-2-6-14(10-15)20(13,18)19/h1,3-4,7,13-14,17H,2,5-6,8-10H2. The molecular formula is C15H19FO3S. The Kier molecular flexibility index (Phi) is 3.37. The fourth-order valence-corrected chi connectivity index (χ4v) is 6.33. The average Bonchev–Trinajstić information content (AvgIpc) is 2.31. The maximum absolute atomic E-state index is 13.2. The Morgan fingerprint density at radius 2 is 1.90 bits per heavy atom. The van der Waals surface area contributed by atoms with E-state index in [0.717, 1.165) is 12.0 Å². The maximum Gasteiger partial charge on any atom is 0.156 e. The summed E-state index contributed by atoms with van der Waals surface area (Å²) in [4.78, 5) is 0. The molecule has 2 aliphatic rings. The second-order valence-electron chi connectivity index (χ2n) is 6.20. The van der Waals surface area contributed by atoms with E-state index in [-0.39, 0.29) is 18.7 Å². The molecule has 110 valence electrons. The van der Waals surface area contributed by atoms with Crippen LogP contribution in [0.15, 0.2) is 24.3 Å². The number of aliphatic hydroxyl groups is 1. The number of fused-ring (bicyclic) bond motifs is 2. The van der Waals surface area contributed by atoms with Crippen molar-refractivity contribution in [2.45, 2.75) is 54.6 Å². The first-order chi connectivity index (χ1) is 9.39. The van der Waals surface area contributed by atoms with Gasteiger partial charge in [-0.25, -0.2) is 12.8 Å². The Morgan fingerprint density at radius 3 is 2.50 bits per heavy atom. The van der Waals surface area contributed by atoms with Crippen molar-refractivity contribution in [3.63, 3.8) is 0 Å². The fraction of sp³-hybridized carbons (Fsp3) is 0.600. The van der Waals surface area contributed by atoms with Gasteiger partial charge < -0.3 is 5.11 Å². The van der Waals surface area contributed by atoms with Crippen molar-refractivity contribution >= 4 is 9.84 Å². The monoisotopic (exact) mass is 298 g/mol. The van der Waals surface area contributed by atoms with Gasteiger partial charge in [-0.3, -0.25) is 0 Å². The van der Waals surface area contributed by atoms with E-state index in [9.17, 15) is 17.9 Å². The van der Waals surface area contributed by atoms with Crippen LogP contribution in [-0.4, -0.2) is 29.6 Å². The third-order valence-electron chi connectivity index (χ3n) is 4.62.